The van der Waals surface area contributed by atoms with E-state index >= 15 is 0 Å². The largest absolute Gasteiger partial charge is 0.325 e. The van der Waals surface area contributed by atoms with Gasteiger partial charge in [0.25, 0.3) is 0 Å². The van der Waals surface area contributed by atoms with Crippen LogP contribution in [0.25, 0.3) is 11.2 Å². The van der Waals surface area contributed by atoms with Crippen LogP contribution in [0.1, 0.15) is 38.4 Å². The summed E-state index contributed by atoms with van der Waals surface area (Å²) in [6, 6.07) is 4.16. The molecule has 108 valence electrons. The van der Waals surface area contributed by atoms with E-state index in [1.807, 2.05) is 12.3 Å². The highest BCUT2D eigenvalue weighted by Gasteiger charge is 2.14. The molecule has 3 heterocycles. The summed E-state index contributed by atoms with van der Waals surface area (Å²) in [6.07, 6.45) is 8.02. The standard InChI is InChI=1S/C16H24N4/c1-2-3-8-15-18-16-14(7-6-9-17-16)20(15)13-12-19-10-4-5-11-19/h6-7,9H,2-5,8,10-13H2,1H3. The number of pyridine rings is 1. The van der Waals surface area contributed by atoms with Gasteiger partial charge < -0.3 is 9.47 Å². The Morgan fingerprint density at radius 2 is 2.05 bits per heavy atom. The summed E-state index contributed by atoms with van der Waals surface area (Å²) in [5, 5.41) is 0. The predicted molar refractivity (Wildman–Crippen MR) is 81.8 cm³/mol. The van der Waals surface area contributed by atoms with Crippen molar-refractivity contribution < 1.29 is 0 Å². The maximum atomic E-state index is 4.73. The molecule has 0 unspecified atom stereocenters. The molecule has 0 radical (unpaired) electrons. The van der Waals surface area contributed by atoms with Crippen molar-refractivity contribution in [2.24, 2.45) is 0 Å². The van der Waals surface area contributed by atoms with Crippen LogP contribution in [0.5, 0.6) is 0 Å². The highest BCUT2D eigenvalue weighted by molar-refractivity contribution is 5.71. The van der Waals surface area contributed by atoms with Gasteiger partial charge in [0.2, 0.25) is 0 Å². The molecule has 0 aromatic carbocycles. The highest BCUT2D eigenvalue weighted by Crippen LogP contribution is 2.16. The molecule has 2 aromatic heterocycles. The topological polar surface area (TPSA) is 34.0 Å². The van der Waals surface area contributed by atoms with E-state index in [-0.39, 0.29) is 0 Å². The number of hydrogen-bond acceptors (Lipinski definition) is 3. The summed E-state index contributed by atoms with van der Waals surface area (Å²) in [4.78, 5) is 11.7. The van der Waals surface area contributed by atoms with Gasteiger partial charge in [0.1, 0.15) is 5.82 Å². The number of hydrogen-bond donors (Lipinski definition) is 0. The first-order chi connectivity index (χ1) is 9.88. The third-order valence-electron chi connectivity index (χ3n) is 4.20. The number of fused-ring (bicyclic) bond motifs is 1. The second-order valence-corrected chi connectivity index (χ2v) is 5.68. The second kappa shape index (κ2) is 6.35. The smallest absolute Gasteiger partial charge is 0.177 e. The van der Waals surface area contributed by atoms with E-state index < -0.39 is 0 Å². The molecule has 1 saturated heterocycles. The first kappa shape index (κ1) is 13.6. The van der Waals surface area contributed by atoms with Gasteiger partial charge in [-0.1, -0.05) is 13.3 Å². The fraction of sp³-hybridized carbons (Fsp3) is 0.625. The van der Waals surface area contributed by atoms with E-state index in [0.717, 1.165) is 25.2 Å². The molecule has 0 aliphatic carbocycles. The van der Waals surface area contributed by atoms with Gasteiger partial charge in [0, 0.05) is 25.7 Å². The molecular formula is C16H24N4. The lowest BCUT2D eigenvalue weighted by atomic mass is 10.2. The summed E-state index contributed by atoms with van der Waals surface area (Å²) < 4.78 is 2.39. The van der Waals surface area contributed by atoms with E-state index in [4.69, 9.17) is 4.98 Å². The number of likely N-dealkylation sites (tertiary alicyclic amines) is 1. The minimum Gasteiger partial charge on any atom is -0.325 e. The average molecular weight is 272 g/mol. The van der Waals surface area contributed by atoms with Crippen molar-refractivity contribution in [3.63, 3.8) is 0 Å². The van der Waals surface area contributed by atoms with Crippen LogP contribution in [0.2, 0.25) is 0 Å². The minimum atomic E-state index is 0.903. The maximum absolute atomic E-state index is 4.73. The molecule has 20 heavy (non-hydrogen) atoms. The second-order valence-electron chi connectivity index (χ2n) is 5.68. The predicted octanol–water partition coefficient (Wildman–Crippen LogP) is 2.87. The van der Waals surface area contributed by atoms with Gasteiger partial charge in [0.15, 0.2) is 5.65 Å². The van der Waals surface area contributed by atoms with Gasteiger partial charge in [-0.05, 0) is 44.5 Å². The fourth-order valence-electron chi connectivity index (χ4n) is 3.03. The van der Waals surface area contributed by atoms with Crippen molar-refractivity contribution in [1.29, 1.82) is 0 Å². The Bertz CT molecular complexity index is 555. The summed E-state index contributed by atoms with van der Waals surface area (Å²) in [5.41, 5.74) is 2.10. The molecule has 0 spiro atoms. The molecule has 0 N–H and O–H groups in total. The number of unbranched alkanes of at least 4 members (excludes halogenated alkanes) is 1. The molecular weight excluding hydrogens is 248 g/mol. The Morgan fingerprint density at radius 3 is 2.85 bits per heavy atom. The molecule has 0 atom stereocenters. The first-order valence-corrected chi connectivity index (χ1v) is 7.91. The van der Waals surface area contributed by atoms with Gasteiger partial charge in [0.05, 0.1) is 5.52 Å². The molecule has 0 bridgehead atoms. The Kier molecular flexibility index (Phi) is 4.31. The van der Waals surface area contributed by atoms with Crippen LogP contribution in [0.15, 0.2) is 18.3 Å². The van der Waals surface area contributed by atoms with Crippen molar-refractivity contribution in [2.45, 2.75) is 45.6 Å². The van der Waals surface area contributed by atoms with E-state index in [0.29, 0.717) is 0 Å². The number of nitrogens with zero attached hydrogens (tertiary/aromatic N) is 4. The zero-order valence-corrected chi connectivity index (χ0v) is 12.4. The van der Waals surface area contributed by atoms with Crippen molar-refractivity contribution in [1.82, 2.24) is 19.4 Å². The average Bonchev–Trinajstić information content (AvgIpc) is 3.10. The SMILES string of the molecule is CCCCc1nc2ncccc2n1CCN1CCCC1. The Balaban J connectivity index is 1.81. The zero-order chi connectivity index (χ0) is 13.8. The molecule has 1 aliphatic rings. The van der Waals surface area contributed by atoms with Crippen LogP contribution in [0.4, 0.5) is 0 Å². The van der Waals surface area contributed by atoms with Crippen molar-refractivity contribution in [3.05, 3.63) is 24.2 Å². The quantitative estimate of drug-likeness (QED) is 0.811. The van der Waals surface area contributed by atoms with Crippen molar-refractivity contribution >= 4 is 11.2 Å². The lowest BCUT2D eigenvalue weighted by molar-refractivity contribution is 0.322. The number of aryl methyl sites for hydroxylation is 1. The molecule has 3 rings (SSSR count). The normalized spacial score (nSPS) is 16.2. The molecule has 0 saturated carbocycles. The molecule has 1 aliphatic heterocycles. The maximum Gasteiger partial charge on any atom is 0.177 e. The summed E-state index contributed by atoms with van der Waals surface area (Å²) in [5.74, 6) is 1.21. The Morgan fingerprint density at radius 1 is 1.20 bits per heavy atom. The van der Waals surface area contributed by atoms with Gasteiger partial charge in [-0.2, -0.15) is 0 Å². The van der Waals surface area contributed by atoms with E-state index in [2.05, 4.69) is 27.4 Å². The van der Waals surface area contributed by atoms with Crippen molar-refractivity contribution in [3.8, 4) is 0 Å². The van der Waals surface area contributed by atoms with E-state index in [1.54, 1.807) is 0 Å². The van der Waals surface area contributed by atoms with Gasteiger partial charge in [-0.25, -0.2) is 9.97 Å². The van der Waals surface area contributed by atoms with E-state index in [9.17, 15) is 0 Å². The molecule has 1 fully saturated rings. The summed E-state index contributed by atoms with van der Waals surface area (Å²) >= 11 is 0. The van der Waals surface area contributed by atoms with Crippen LogP contribution in [0, 0.1) is 0 Å². The third kappa shape index (κ3) is 2.85. The Hall–Kier alpha value is -1.42. The summed E-state index contributed by atoms with van der Waals surface area (Å²) in [6.45, 7) is 6.93. The molecule has 4 heteroatoms. The van der Waals surface area contributed by atoms with Gasteiger partial charge >= 0.3 is 0 Å². The van der Waals surface area contributed by atoms with Crippen LogP contribution in [-0.2, 0) is 13.0 Å². The van der Waals surface area contributed by atoms with Crippen LogP contribution in [0.3, 0.4) is 0 Å². The van der Waals surface area contributed by atoms with Gasteiger partial charge in [-0.3, -0.25) is 0 Å². The van der Waals surface area contributed by atoms with E-state index in [1.165, 1.54) is 50.1 Å². The summed E-state index contributed by atoms with van der Waals surface area (Å²) in [7, 11) is 0. The zero-order valence-electron chi connectivity index (χ0n) is 12.4. The van der Waals surface area contributed by atoms with Crippen LogP contribution >= 0.6 is 0 Å². The number of imidazole rings is 1. The first-order valence-electron chi connectivity index (χ1n) is 7.91. The Labute approximate surface area is 120 Å². The monoisotopic (exact) mass is 272 g/mol. The van der Waals surface area contributed by atoms with Crippen molar-refractivity contribution in [2.75, 3.05) is 19.6 Å². The third-order valence-corrected chi connectivity index (χ3v) is 4.20. The molecule has 0 amide bonds. The molecule has 2 aromatic rings. The number of aromatic nitrogens is 3. The minimum absolute atomic E-state index is 0.903. The lowest BCUT2D eigenvalue weighted by Crippen LogP contribution is -2.24. The fourth-order valence-corrected chi connectivity index (χ4v) is 3.03. The molecule has 4 nitrogen and oxygen atoms in total. The lowest BCUT2D eigenvalue weighted by Gasteiger charge is -2.16. The van der Waals surface area contributed by atoms with Crippen LogP contribution < -0.4 is 0 Å². The van der Waals surface area contributed by atoms with Crippen LogP contribution in [-0.4, -0.2) is 39.1 Å². The highest BCUT2D eigenvalue weighted by atomic mass is 15.2. The van der Waals surface area contributed by atoms with Gasteiger partial charge in [-0.15, -0.1) is 0 Å². The number of rotatable bonds is 6.